The van der Waals surface area contributed by atoms with Crippen LogP contribution in [0, 0.1) is 0 Å². The Labute approximate surface area is 166 Å². The molecule has 1 saturated heterocycles. The summed E-state index contributed by atoms with van der Waals surface area (Å²) in [5.74, 6) is 0.870. The molecule has 2 aromatic rings. The van der Waals surface area contributed by atoms with Gasteiger partial charge in [0.25, 0.3) is 0 Å². The normalized spacial score (nSPS) is 18.2. The van der Waals surface area contributed by atoms with Crippen LogP contribution in [0.1, 0.15) is 36.5 Å². The summed E-state index contributed by atoms with van der Waals surface area (Å²) < 4.78 is 7.08. The van der Waals surface area contributed by atoms with Crippen molar-refractivity contribution in [2.24, 2.45) is 7.05 Å². The predicted octanol–water partition coefficient (Wildman–Crippen LogP) is 1.98. The number of rotatable bonds is 8. The standard InChI is InChI=1S/C21H30N4O3/c1-23(13-16-7-4-5-9-20(16)28-3)21(27)15-25-10-6-8-18(25)11-19(26)17-12-22-24(2)14-17/h4-5,7,9,12,14,18-19,26H,6,8,10-11,13,15H2,1-3H3. The number of carbonyl (C=O) groups excluding carboxylic acids is 1. The highest BCUT2D eigenvalue weighted by Gasteiger charge is 2.29. The summed E-state index contributed by atoms with van der Waals surface area (Å²) in [6, 6.07) is 7.97. The van der Waals surface area contributed by atoms with E-state index in [9.17, 15) is 9.90 Å². The van der Waals surface area contributed by atoms with Crippen molar-refractivity contribution in [3.63, 3.8) is 0 Å². The fourth-order valence-electron chi connectivity index (χ4n) is 3.85. The van der Waals surface area contributed by atoms with Crippen molar-refractivity contribution in [3.8, 4) is 5.75 Å². The molecule has 1 aliphatic rings. The second kappa shape index (κ2) is 9.21. The van der Waals surface area contributed by atoms with Gasteiger partial charge in [-0.2, -0.15) is 5.10 Å². The highest BCUT2D eigenvalue weighted by atomic mass is 16.5. The van der Waals surface area contributed by atoms with E-state index in [0.29, 0.717) is 19.5 Å². The lowest BCUT2D eigenvalue weighted by Crippen LogP contribution is -2.41. The zero-order chi connectivity index (χ0) is 20.1. The summed E-state index contributed by atoms with van der Waals surface area (Å²) in [5, 5.41) is 14.6. The number of aromatic nitrogens is 2. The summed E-state index contributed by atoms with van der Waals surface area (Å²) in [5.41, 5.74) is 1.82. The Hall–Kier alpha value is -2.38. The Morgan fingerprint density at radius 2 is 2.21 bits per heavy atom. The lowest BCUT2D eigenvalue weighted by molar-refractivity contribution is -0.132. The Kier molecular flexibility index (Phi) is 6.70. The molecule has 2 unspecified atom stereocenters. The summed E-state index contributed by atoms with van der Waals surface area (Å²) >= 11 is 0. The molecular formula is C21H30N4O3. The highest BCUT2D eigenvalue weighted by Crippen LogP contribution is 2.27. The molecule has 1 fully saturated rings. The quantitative estimate of drug-likeness (QED) is 0.751. The molecule has 152 valence electrons. The first-order chi connectivity index (χ1) is 13.5. The average Bonchev–Trinajstić information content (AvgIpc) is 3.31. The third-order valence-electron chi connectivity index (χ3n) is 5.47. The molecule has 7 nitrogen and oxygen atoms in total. The second-order valence-electron chi connectivity index (χ2n) is 7.53. The van der Waals surface area contributed by atoms with Gasteiger partial charge in [-0.25, -0.2) is 0 Å². The van der Waals surface area contributed by atoms with Gasteiger partial charge >= 0.3 is 0 Å². The molecule has 1 aliphatic heterocycles. The van der Waals surface area contributed by atoms with E-state index < -0.39 is 6.10 Å². The fraction of sp³-hybridized carbons (Fsp3) is 0.524. The van der Waals surface area contributed by atoms with E-state index in [1.807, 2.05) is 44.6 Å². The van der Waals surface area contributed by atoms with Crippen LogP contribution in [-0.2, 0) is 18.4 Å². The Morgan fingerprint density at radius 1 is 1.43 bits per heavy atom. The third kappa shape index (κ3) is 4.91. The number of aliphatic hydroxyl groups is 1. The number of aliphatic hydroxyl groups excluding tert-OH is 1. The summed E-state index contributed by atoms with van der Waals surface area (Å²) in [7, 11) is 5.31. The van der Waals surface area contributed by atoms with E-state index in [1.165, 1.54) is 0 Å². The van der Waals surface area contributed by atoms with Gasteiger partial charge in [-0.3, -0.25) is 14.4 Å². The van der Waals surface area contributed by atoms with Gasteiger partial charge in [-0.1, -0.05) is 18.2 Å². The second-order valence-corrected chi connectivity index (χ2v) is 7.53. The largest absolute Gasteiger partial charge is 0.496 e. The van der Waals surface area contributed by atoms with Gasteiger partial charge in [-0.05, 0) is 31.9 Å². The van der Waals surface area contributed by atoms with Crippen LogP contribution in [0.2, 0.25) is 0 Å². The van der Waals surface area contributed by atoms with Crippen molar-refractivity contribution >= 4 is 5.91 Å². The van der Waals surface area contributed by atoms with E-state index in [4.69, 9.17) is 4.74 Å². The fourth-order valence-corrected chi connectivity index (χ4v) is 3.85. The van der Waals surface area contributed by atoms with Crippen LogP contribution in [0.3, 0.4) is 0 Å². The van der Waals surface area contributed by atoms with Crippen LogP contribution >= 0.6 is 0 Å². The minimum absolute atomic E-state index is 0.0775. The van der Waals surface area contributed by atoms with E-state index in [0.717, 1.165) is 36.3 Å². The maximum atomic E-state index is 12.8. The number of benzene rings is 1. The van der Waals surface area contributed by atoms with Crippen LogP contribution in [0.15, 0.2) is 36.7 Å². The molecule has 7 heteroatoms. The molecule has 1 aromatic carbocycles. The van der Waals surface area contributed by atoms with Crippen molar-refractivity contribution in [3.05, 3.63) is 47.8 Å². The van der Waals surface area contributed by atoms with Crippen LogP contribution in [0.25, 0.3) is 0 Å². The number of carbonyl (C=O) groups is 1. The Morgan fingerprint density at radius 3 is 2.93 bits per heavy atom. The molecule has 2 heterocycles. The molecule has 0 bridgehead atoms. The van der Waals surface area contributed by atoms with Gasteiger partial charge in [-0.15, -0.1) is 0 Å². The first kappa shape index (κ1) is 20.4. The SMILES string of the molecule is COc1ccccc1CN(C)C(=O)CN1CCCC1CC(O)c1cnn(C)c1. The van der Waals surface area contributed by atoms with Crippen molar-refractivity contribution in [2.75, 3.05) is 27.2 Å². The molecule has 0 saturated carbocycles. The van der Waals surface area contributed by atoms with Gasteiger partial charge < -0.3 is 14.7 Å². The number of likely N-dealkylation sites (N-methyl/N-ethyl adjacent to an activating group) is 1. The maximum Gasteiger partial charge on any atom is 0.236 e. The van der Waals surface area contributed by atoms with E-state index in [-0.39, 0.29) is 11.9 Å². The van der Waals surface area contributed by atoms with Crippen molar-refractivity contribution in [1.82, 2.24) is 19.6 Å². The minimum atomic E-state index is -0.555. The molecule has 0 aliphatic carbocycles. The summed E-state index contributed by atoms with van der Waals surface area (Å²) in [4.78, 5) is 16.7. The zero-order valence-electron chi connectivity index (χ0n) is 16.9. The number of para-hydroxylation sites is 1. The molecule has 1 amide bonds. The van der Waals surface area contributed by atoms with Crippen molar-refractivity contribution in [1.29, 1.82) is 0 Å². The number of methoxy groups -OCH3 is 1. The van der Waals surface area contributed by atoms with Crippen LogP contribution in [0.5, 0.6) is 5.75 Å². The number of nitrogens with zero attached hydrogens (tertiary/aromatic N) is 4. The van der Waals surface area contributed by atoms with Gasteiger partial charge in [0.05, 0.1) is 26.0 Å². The molecule has 2 atom stereocenters. The van der Waals surface area contributed by atoms with E-state index >= 15 is 0 Å². The van der Waals surface area contributed by atoms with Gasteiger partial charge in [0, 0.05) is 44.0 Å². The number of aryl methyl sites for hydroxylation is 1. The van der Waals surface area contributed by atoms with Gasteiger partial charge in [0.15, 0.2) is 0 Å². The number of likely N-dealkylation sites (tertiary alicyclic amines) is 1. The number of amides is 1. The topological polar surface area (TPSA) is 70.8 Å². The number of hydrogen-bond acceptors (Lipinski definition) is 5. The van der Waals surface area contributed by atoms with Crippen LogP contribution < -0.4 is 4.74 Å². The highest BCUT2D eigenvalue weighted by molar-refractivity contribution is 5.78. The van der Waals surface area contributed by atoms with Crippen molar-refractivity contribution in [2.45, 2.75) is 38.0 Å². The Balaban J connectivity index is 1.56. The third-order valence-corrected chi connectivity index (χ3v) is 5.47. The Bertz CT molecular complexity index is 791. The molecule has 1 N–H and O–H groups in total. The molecule has 1 aromatic heterocycles. The average molecular weight is 386 g/mol. The van der Waals surface area contributed by atoms with E-state index in [2.05, 4.69) is 10.00 Å². The molecular weight excluding hydrogens is 356 g/mol. The molecule has 0 spiro atoms. The zero-order valence-corrected chi connectivity index (χ0v) is 16.9. The van der Waals surface area contributed by atoms with Gasteiger partial charge in [0.1, 0.15) is 5.75 Å². The van der Waals surface area contributed by atoms with Crippen molar-refractivity contribution < 1.29 is 14.6 Å². The maximum absolute atomic E-state index is 12.8. The van der Waals surface area contributed by atoms with Crippen LogP contribution in [-0.4, -0.2) is 63.9 Å². The summed E-state index contributed by atoms with van der Waals surface area (Å²) in [6.45, 7) is 1.77. The summed E-state index contributed by atoms with van der Waals surface area (Å²) in [6.07, 6.45) is 5.66. The predicted molar refractivity (Wildman–Crippen MR) is 107 cm³/mol. The van der Waals surface area contributed by atoms with E-state index in [1.54, 1.807) is 22.9 Å². The molecule has 3 rings (SSSR count). The first-order valence-electron chi connectivity index (χ1n) is 9.74. The van der Waals surface area contributed by atoms with Gasteiger partial charge in [0.2, 0.25) is 5.91 Å². The number of ether oxygens (including phenoxy) is 1. The lowest BCUT2D eigenvalue weighted by atomic mass is 10.0. The monoisotopic (exact) mass is 386 g/mol. The first-order valence-corrected chi connectivity index (χ1v) is 9.74. The minimum Gasteiger partial charge on any atom is -0.496 e. The molecule has 0 radical (unpaired) electrons. The van der Waals surface area contributed by atoms with Crippen LogP contribution in [0.4, 0.5) is 0 Å². The number of hydrogen-bond donors (Lipinski definition) is 1. The smallest absolute Gasteiger partial charge is 0.236 e. The lowest BCUT2D eigenvalue weighted by Gasteiger charge is -2.28. The molecule has 28 heavy (non-hydrogen) atoms.